The molecule has 90 heavy (non-hydrogen) atoms. The molecule has 6 heterocycles. The summed E-state index contributed by atoms with van der Waals surface area (Å²) in [5.74, 6) is -1.58. The van der Waals surface area contributed by atoms with Gasteiger partial charge in [-0.25, -0.2) is 8.78 Å². The summed E-state index contributed by atoms with van der Waals surface area (Å²) in [5.41, 5.74) is 19.3. The van der Waals surface area contributed by atoms with Crippen molar-refractivity contribution >= 4 is 43.6 Å². The lowest BCUT2D eigenvalue weighted by Crippen LogP contribution is -2.06. The van der Waals surface area contributed by atoms with Crippen molar-refractivity contribution in [3.05, 3.63) is 315 Å². The highest BCUT2D eigenvalue weighted by atomic mass is 19.1. The van der Waals surface area contributed by atoms with Gasteiger partial charge in [0.1, 0.15) is 11.6 Å². The predicted octanol–water partition coefficient (Wildman–Crippen LogP) is 20.6. The minimum atomic E-state index is -0.788. The fourth-order valence-corrected chi connectivity index (χ4v) is 12.8. The van der Waals surface area contributed by atoms with Gasteiger partial charge in [-0.1, -0.05) is 170 Å². The standard InChI is InChI=1S/C81H49F2N7/c82-69-22-13-23-70(83)81(69)67-49-80(89-75-31-27-55(59-32-36-85-71(41-59)51-14-5-1-6-15-51)40-68(75)66-30-26-58(47-78(66)89)62-35-39-88-74(44-62)54-20-11-4-12-21-54)79(48-63(67)50-84)90-76-45-56(60-33-37-86-72(42-60)52-16-7-2-8-17-52)24-28-64(76)65-29-25-57(46-77(65)90)61-34-38-87-73(43-61)53-18-9-3-10-19-53/h1-49H. The summed E-state index contributed by atoms with van der Waals surface area (Å²) in [6.07, 6.45) is 7.36. The molecule has 6 aromatic heterocycles. The Bertz CT molecular complexity index is 5360. The number of rotatable bonds is 11. The number of hydrogen-bond acceptors (Lipinski definition) is 5. The quantitative estimate of drug-likeness (QED) is 0.129. The van der Waals surface area contributed by atoms with Crippen LogP contribution in [0.15, 0.2) is 298 Å². The van der Waals surface area contributed by atoms with Gasteiger partial charge in [0.15, 0.2) is 0 Å². The van der Waals surface area contributed by atoms with Gasteiger partial charge in [-0.15, -0.1) is 0 Å². The summed E-state index contributed by atoms with van der Waals surface area (Å²) in [6, 6.07) is 92.8. The summed E-state index contributed by atoms with van der Waals surface area (Å²) in [4.78, 5) is 19.2. The molecule has 0 aliphatic carbocycles. The van der Waals surface area contributed by atoms with Crippen LogP contribution < -0.4 is 0 Å². The number of nitriles is 1. The molecule has 10 aromatic carbocycles. The molecule has 16 aromatic rings. The van der Waals surface area contributed by atoms with Crippen LogP contribution in [-0.2, 0) is 0 Å². The number of benzene rings is 10. The van der Waals surface area contributed by atoms with Gasteiger partial charge >= 0.3 is 0 Å². The lowest BCUT2D eigenvalue weighted by molar-refractivity contribution is 0.589. The van der Waals surface area contributed by atoms with Crippen molar-refractivity contribution in [2.75, 3.05) is 0 Å². The number of halogens is 2. The number of nitrogens with zero attached hydrogens (tertiary/aromatic N) is 7. The molecule has 9 heteroatoms. The molecule has 0 aliphatic rings. The van der Waals surface area contributed by atoms with E-state index in [0.717, 1.165) is 133 Å². The van der Waals surface area contributed by atoms with Crippen LogP contribution in [0.4, 0.5) is 8.78 Å². The van der Waals surface area contributed by atoms with Gasteiger partial charge in [0, 0.05) is 74.1 Å². The first-order valence-electron chi connectivity index (χ1n) is 29.7. The van der Waals surface area contributed by atoms with Gasteiger partial charge < -0.3 is 9.13 Å². The molecular weight excluding hydrogens is 1110 g/mol. The number of hydrogen-bond donors (Lipinski definition) is 0. The molecule has 16 rings (SSSR count). The smallest absolute Gasteiger partial charge is 0.134 e. The van der Waals surface area contributed by atoms with Crippen LogP contribution in [0, 0.1) is 23.0 Å². The maximum absolute atomic E-state index is 16.7. The first-order valence-corrected chi connectivity index (χ1v) is 29.7. The average molecular weight is 1160 g/mol. The van der Waals surface area contributed by atoms with Crippen LogP contribution in [0.3, 0.4) is 0 Å². The normalized spacial score (nSPS) is 11.4. The third-order valence-electron chi connectivity index (χ3n) is 17.1. The topological polar surface area (TPSA) is 85.2 Å². The third kappa shape index (κ3) is 9.44. The van der Waals surface area contributed by atoms with Crippen molar-refractivity contribution < 1.29 is 8.78 Å². The minimum Gasteiger partial charge on any atom is -0.307 e. The van der Waals surface area contributed by atoms with E-state index in [0.29, 0.717) is 11.4 Å². The van der Waals surface area contributed by atoms with Crippen molar-refractivity contribution in [3.63, 3.8) is 0 Å². The molecule has 0 bridgehead atoms. The van der Waals surface area contributed by atoms with Crippen molar-refractivity contribution in [1.82, 2.24) is 29.1 Å². The number of fused-ring (bicyclic) bond motifs is 6. The fourth-order valence-electron chi connectivity index (χ4n) is 12.8. The molecule has 0 spiro atoms. The van der Waals surface area contributed by atoms with Crippen LogP contribution >= 0.6 is 0 Å². The van der Waals surface area contributed by atoms with E-state index in [9.17, 15) is 5.26 Å². The largest absolute Gasteiger partial charge is 0.307 e. The Morgan fingerprint density at radius 2 is 0.611 bits per heavy atom. The molecule has 422 valence electrons. The summed E-state index contributed by atoms with van der Waals surface area (Å²) in [7, 11) is 0. The third-order valence-corrected chi connectivity index (χ3v) is 17.1. The van der Waals surface area contributed by atoms with Crippen molar-refractivity contribution in [1.29, 1.82) is 5.26 Å². The summed E-state index contributed by atoms with van der Waals surface area (Å²) in [5, 5.41) is 15.3. The highest BCUT2D eigenvalue weighted by molar-refractivity contribution is 6.14. The van der Waals surface area contributed by atoms with Gasteiger partial charge in [0.25, 0.3) is 0 Å². The molecule has 0 saturated carbocycles. The van der Waals surface area contributed by atoms with E-state index in [-0.39, 0.29) is 16.7 Å². The first-order chi connectivity index (χ1) is 44.4. The lowest BCUT2D eigenvalue weighted by Gasteiger charge is -2.20. The zero-order valence-corrected chi connectivity index (χ0v) is 48.2. The van der Waals surface area contributed by atoms with Crippen LogP contribution in [0.2, 0.25) is 0 Å². The Balaban J connectivity index is 1.01. The molecule has 0 atom stereocenters. The fraction of sp³-hybridized carbons (Fsp3) is 0. The number of aromatic nitrogens is 6. The summed E-state index contributed by atoms with van der Waals surface area (Å²) in [6.45, 7) is 0. The van der Waals surface area contributed by atoms with Gasteiger partial charge in [0.2, 0.25) is 0 Å². The van der Waals surface area contributed by atoms with Crippen LogP contribution in [0.25, 0.3) is 156 Å². The van der Waals surface area contributed by atoms with Gasteiger partial charge in [0.05, 0.1) is 73.4 Å². The summed E-state index contributed by atoms with van der Waals surface area (Å²) < 4.78 is 37.8. The van der Waals surface area contributed by atoms with Crippen molar-refractivity contribution in [3.8, 4) is 118 Å². The Kier molecular flexibility index (Phi) is 13.2. The molecule has 0 saturated heterocycles. The van der Waals surface area contributed by atoms with Crippen LogP contribution in [0.5, 0.6) is 0 Å². The van der Waals surface area contributed by atoms with E-state index >= 15 is 8.78 Å². The van der Waals surface area contributed by atoms with Crippen LogP contribution in [0.1, 0.15) is 5.56 Å². The lowest BCUT2D eigenvalue weighted by atomic mass is 9.97. The van der Waals surface area contributed by atoms with Gasteiger partial charge in [-0.05, 0) is 148 Å². The Morgan fingerprint density at radius 3 is 1.00 bits per heavy atom. The van der Waals surface area contributed by atoms with E-state index in [4.69, 9.17) is 19.9 Å². The number of pyridine rings is 4. The molecule has 0 N–H and O–H groups in total. The SMILES string of the molecule is N#Cc1cc(-n2c3cc(-c4ccnc(-c5ccccc5)c4)ccc3c3ccc(-c4ccnc(-c5ccccc5)c4)cc32)c(-n2c3ccc(-c4ccnc(-c5ccccc5)c4)cc3c3ccc(-c4ccnc(-c5ccccc5)c4)cc32)cc1-c1c(F)cccc1F. The monoisotopic (exact) mass is 1160 g/mol. The molecule has 0 radical (unpaired) electrons. The maximum Gasteiger partial charge on any atom is 0.134 e. The second-order valence-corrected chi connectivity index (χ2v) is 22.4. The zero-order valence-electron chi connectivity index (χ0n) is 48.2. The van der Waals surface area contributed by atoms with E-state index in [2.05, 4.69) is 161 Å². The second-order valence-electron chi connectivity index (χ2n) is 22.4. The second kappa shape index (κ2) is 22.2. The highest BCUT2D eigenvalue weighted by Crippen LogP contribution is 2.45. The molecule has 0 unspecified atom stereocenters. The molecular formula is C81H49F2N7. The minimum absolute atomic E-state index is 0.0872. The molecule has 0 aliphatic heterocycles. The van der Waals surface area contributed by atoms with Gasteiger partial charge in [-0.2, -0.15) is 5.26 Å². The predicted molar refractivity (Wildman–Crippen MR) is 360 cm³/mol. The molecule has 7 nitrogen and oxygen atoms in total. The Hall–Kier alpha value is -12.3. The zero-order chi connectivity index (χ0) is 60.2. The average Bonchev–Trinajstić information content (AvgIpc) is 1.56. The van der Waals surface area contributed by atoms with Crippen molar-refractivity contribution in [2.45, 2.75) is 0 Å². The van der Waals surface area contributed by atoms with E-state index in [1.54, 1.807) is 6.07 Å². The Labute approximate surface area is 517 Å². The highest BCUT2D eigenvalue weighted by Gasteiger charge is 2.26. The maximum atomic E-state index is 16.7. The van der Waals surface area contributed by atoms with Gasteiger partial charge in [-0.3, -0.25) is 19.9 Å². The Morgan fingerprint density at radius 1 is 0.278 bits per heavy atom. The van der Waals surface area contributed by atoms with E-state index in [1.807, 2.05) is 128 Å². The van der Waals surface area contributed by atoms with E-state index < -0.39 is 11.6 Å². The molecule has 0 fully saturated rings. The van der Waals surface area contributed by atoms with E-state index in [1.165, 1.54) is 18.2 Å². The van der Waals surface area contributed by atoms with Crippen molar-refractivity contribution in [2.24, 2.45) is 0 Å². The van der Waals surface area contributed by atoms with Crippen LogP contribution in [-0.4, -0.2) is 29.1 Å². The molecule has 0 amide bonds. The summed E-state index contributed by atoms with van der Waals surface area (Å²) >= 11 is 0. The first kappa shape index (κ1) is 53.2.